The molecule has 0 spiro atoms. The molecule has 0 atom stereocenters. The van der Waals surface area contributed by atoms with Gasteiger partial charge in [0.1, 0.15) is 17.2 Å². The van der Waals surface area contributed by atoms with Crippen LogP contribution < -0.4 is 9.62 Å². The average Bonchev–Trinajstić information content (AvgIpc) is 3.60. The summed E-state index contributed by atoms with van der Waals surface area (Å²) in [7, 11) is -1.04. The summed E-state index contributed by atoms with van der Waals surface area (Å²) >= 11 is 0. The van der Waals surface area contributed by atoms with Gasteiger partial charge in [-0.05, 0) is 54.6 Å². The number of hydrogen-bond acceptors (Lipinski definition) is 7. The number of nitrogens with zero attached hydrogens (tertiary/aromatic N) is 5. The second kappa shape index (κ2) is 10.7. The Kier molecular flexibility index (Phi) is 7.07. The Balaban J connectivity index is 1.59. The van der Waals surface area contributed by atoms with Crippen molar-refractivity contribution in [3.05, 3.63) is 89.7 Å². The first kappa shape index (κ1) is 29.7. The van der Waals surface area contributed by atoms with Gasteiger partial charge in [0.15, 0.2) is 11.5 Å². The fraction of sp³-hybridized carbons (Fsp3) is 0.133. The largest absolute Gasteiger partial charge is 0.455 e. The lowest BCUT2D eigenvalue weighted by atomic mass is 10.0. The van der Waals surface area contributed by atoms with E-state index in [1.165, 1.54) is 61.1 Å². The Hall–Kier alpha value is -5.31. The zero-order valence-corrected chi connectivity index (χ0v) is 24.5. The number of benzene rings is 3. The summed E-state index contributed by atoms with van der Waals surface area (Å²) in [4.78, 5) is 13.1. The van der Waals surface area contributed by atoms with Gasteiger partial charge in [-0.3, -0.25) is 9.10 Å². The van der Waals surface area contributed by atoms with Crippen LogP contribution in [0.15, 0.2) is 77.2 Å². The number of carbonyl (C=O) groups excluding carboxylic acids is 1. The van der Waals surface area contributed by atoms with Gasteiger partial charge in [0, 0.05) is 42.2 Å². The van der Waals surface area contributed by atoms with E-state index >= 15 is 0 Å². The molecule has 3 heterocycles. The van der Waals surface area contributed by atoms with Gasteiger partial charge in [-0.25, -0.2) is 12.8 Å². The Morgan fingerprint density at radius 3 is 2.24 bits per heavy atom. The smallest absolute Gasteiger partial charge is 0.416 e. The third-order valence-corrected chi connectivity index (χ3v) is 8.40. The number of rotatable bonds is 6. The zero-order valence-electron chi connectivity index (χ0n) is 23.7. The molecule has 0 unspecified atom stereocenters. The number of halogens is 4. The summed E-state index contributed by atoms with van der Waals surface area (Å²) in [5, 5.41) is 15.7. The van der Waals surface area contributed by atoms with Crippen LogP contribution in [0.25, 0.3) is 50.6 Å². The minimum atomic E-state index is -4.52. The van der Waals surface area contributed by atoms with Crippen molar-refractivity contribution in [3.8, 4) is 34.0 Å². The van der Waals surface area contributed by atoms with Crippen LogP contribution in [-0.4, -0.2) is 54.5 Å². The normalized spacial score (nSPS) is 12.2. The first-order valence-electron chi connectivity index (χ1n) is 13.2. The highest BCUT2D eigenvalue weighted by Crippen LogP contribution is 2.41. The van der Waals surface area contributed by atoms with E-state index in [2.05, 4.69) is 20.6 Å². The maximum Gasteiger partial charge on any atom is 0.416 e. The lowest BCUT2D eigenvalue weighted by Crippen LogP contribution is -2.25. The summed E-state index contributed by atoms with van der Waals surface area (Å²) in [5.74, 6) is -0.703. The van der Waals surface area contributed by atoms with Gasteiger partial charge in [-0.15, -0.1) is 10.2 Å². The predicted octanol–water partition coefficient (Wildman–Crippen LogP) is 5.78. The second-order valence-corrected chi connectivity index (χ2v) is 12.1. The van der Waals surface area contributed by atoms with Gasteiger partial charge in [-0.2, -0.15) is 22.8 Å². The lowest BCUT2D eigenvalue weighted by Gasteiger charge is -2.20. The molecule has 230 valence electrons. The van der Waals surface area contributed by atoms with Crippen molar-refractivity contribution in [2.75, 3.05) is 24.7 Å². The molecule has 3 aromatic carbocycles. The van der Waals surface area contributed by atoms with Crippen LogP contribution in [-0.2, 0) is 16.2 Å². The minimum Gasteiger partial charge on any atom is -0.455 e. The number of amides is 1. The van der Waals surface area contributed by atoms with Crippen molar-refractivity contribution < 1.29 is 35.2 Å². The van der Waals surface area contributed by atoms with E-state index in [-0.39, 0.29) is 45.3 Å². The van der Waals surface area contributed by atoms with Crippen molar-refractivity contribution >= 4 is 38.2 Å². The van der Waals surface area contributed by atoms with Crippen molar-refractivity contribution in [3.63, 3.8) is 0 Å². The van der Waals surface area contributed by atoms with Gasteiger partial charge in [0.2, 0.25) is 10.0 Å². The van der Waals surface area contributed by atoms with Gasteiger partial charge < -0.3 is 9.73 Å². The second-order valence-electron chi connectivity index (χ2n) is 10.1. The molecule has 1 N–H and O–H groups in total. The molecule has 45 heavy (non-hydrogen) atoms. The number of hydrogen-bond donors (Lipinski definition) is 1. The van der Waals surface area contributed by atoms with Crippen LogP contribution in [0.3, 0.4) is 0 Å². The molecule has 10 nitrogen and oxygen atoms in total. The molecule has 6 rings (SSSR count). The summed E-state index contributed by atoms with van der Waals surface area (Å²) in [6, 6.07) is 15.8. The highest BCUT2D eigenvalue weighted by Gasteiger charge is 2.30. The van der Waals surface area contributed by atoms with E-state index in [4.69, 9.17) is 4.42 Å². The van der Waals surface area contributed by atoms with Crippen LogP contribution in [0, 0.1) is 5.82 Å². The Morgan fingerprint density at radius 1 is 0.956 bits per heavy atom. The number of sulfonamides is 1. The number of anilines is 1. The molecule has 1 amide bonds. The number of carbonyl (C=O) groups is 1. The molecule has 0 saturated carbocycles. The number of fused-ring (bicyclic) bond motifs is 2. The molecular weight excluding hydrogens is 616 g/mol. The highest BCUT2D eigenvalue weighted by molar-refractivity contribution is 7.92. The SMILES string of the molecule is CNC(=O)c1c(-c2ccc(F)cc2)oc2cc(N(C)S(C)(=O)=O)c(-c3ccc4nnc(-c5ccc(C(F)(F)F)cc5)n4n3)cc12. The average molecular weight is 639 g/mol. The third kappa shape index (κ3) is 5.35. The fourth-order valence-electron chi connectivity index (χ4n) is 4.85. The highest BCUT2D eigenvalue weighted by atomic mass is 32.2. The van der Waals surface area contributed by atoms with Crippen LogP contribution in [0.1, 0.15) is 15.9 Å². The maximum absolute atomic E-state index is 13.7. The van der Waals surface area contributed by atoms with Crippen LogP contribution in [0.4, 0.5) is 23.2 Å². The van der Waals surface area contributed by atoms with Crippen molar-refractivity contribution in [2.45, 2.75) is 6.18 Å². The fourth-order valence-corrected chi connectivity index (χ4v) is 5.36. The Bertz CT molecular complexity index is 2210. The quantitative estimate of drug-likeness (QED) is 0.229. The molecule has 0 aliphatic carbocycles. The number of furan rings is 1. The standard InChI is InChI=1S/C30H22F4N6O4S/c1-35-29(41)26-21-14-20(23(39(2)45(3,42)43)15-24(21)44-27(26)16-6-10-19(31)11-7-16)22-12-13-25-36-37-28(40(25)38-22)17-4-8-18(9-5-17)30(32,33)34/h4-15H,1-3H3,(H,35,41). The molecular formula is C30H22F4N6O4S. The molecule has 0 aliphatic heterocycles. The molecule has 0 bridgehead atoms. The molecule has 0 fully saturated rings. The Labute approximate surface area is 253 Å². The first-order chi connectivity index (χ1) is 21.3. The van der Waals surface area contributed by atoms with E-state index in [0.29, 0.717) is 16.5 Å². The summed E-state index contributed by atoms with van der Waals surface area (Å²) < 4.78 is 86.9. The molecule has 0 aliphatic rings. The number of aromatic nitrogens is 4. The van der Waals surface area contributed by atoms with Crippen molar-refractivity contribution in [2.24, 2.45) is 0 Å². The maximum atomic E-state index is 13.7. The summed E-state index contributed by atoms with van der Waals surface area (Å²) in [6.45, 7) is 0. The minimum absolute atomic E-state index is 0.129. The van der Waals surface area contributed by atoms with Gasteiger partial charge in [0.25, 0.3) is 5.91 Å². The van der Waals surface area contributed by atoms with Crippen molar-refractivity contribution in [1.82, 2.24) is 25.1 Å². The number of alkyl halides is 3. The van der Waals surface area contributed by atoms with E-state index in [1.54, 1.807) is 18.2 Å². The van der Waals surface area contributed by atoms with Crippen LogP contribution in [0.2, 0.25) is 0 Å². The van der Waals surface area contributed by atoms with E-state index in [9.17, 15) is 30.8 Å². The number of nitrogens with one attached hydrogen (secondary N) is 1. The van der Waals surface area contributed by atoms with E-state index in [1.807, 2.05) is 0 Å². The third-order valence-electron chi connectivity index (χ3n) is 7.21. The van der Waals surface area contributed by atoms with E-state index in [0.717, 1.165) is 22.7 Å². The molecule has 0 radical (unpaired) electrons. The Morgan fingerprint density at radius 2 is 1.62 bits per heavy atom. The van der Waals surface area contributed by atoms with E-state index < -0.39 is 33.5 Å². The van der Waals surface area contributed by atoms with Crippen LogP contribution in [0.5, 0.6) is 0 Å². The van der Waals surface area contributed by atoms with Crippen molar-refractivity contribution in [1.29, 1.82) is 0 Å². The molecule has 3 aromatic heterocycles. The van der Waals surface area contributed by atoms with Crippen LogP contribution >= 0.6 is 0 Å². The topological polar surface area (TPSA) is 123 Å². The summed E-state index contributed by atoms with van der Waals surface area (Å²) in [5.41, 5.74) is 1.15. The molecule has 15 heteroatoms. The molecule has 6 aromatic rings. The van der Waals surface area contributed by atoms with Gasteiger partial charge in [0.05, 0.1) is 28.8 Å². The first-order valence-corrected chi connectivity index (χ1v) is 15.0. The lowest BCUT2D eigenvalue weighted by molar-refractivity contribution is -0.137. The predicted molar refractivity (Wildman–Crippen MR) is 158 cm³/mol. The summed E-state index contributed by atoms with van der Waals surface area (Å²) in [6.07, 6.45) is -3.50. The monoisotopic (exact) mass is 638 g/mol. The van der Waals surface area contributed by atoms with Gasteiger partial charge in [-0.1, -0.05) is 12.1 Å². The molecule has 0 saturated heterocycles. The zero-order chi connectivity index (χ0) is 32.3. The van der Waals surface area contributed by atoms with Gasteiger partial charge >= 0.3 is 6.18 Å².